The Kier molecular flexibility index (Phi) is 4.51. The van der Waals surface area contributed by atoms with Crippen LogP contribution in [0.2, 0.25) is 0 Å². The van der Waals surface area contributed by atoms with Crippen molar-refractivity contribution < 1.29 is 0 Å². The number of fused-ring (bicyclic) bond motifs is 2. The van der Waals surface area contributed by atoms with Gasteiger partial charge in [-0.1, -0.05) is 5.92 Å². The van der Waals surface area contributed by atoms with E-state index in [1.54, 1.807) is 0 Å². The standard InChI is InChI=1S/C26H31N/c1-12-13(2)22-23-18(7)14(3)16(5)20(9)25(23)27(11)26-21(10)17(6)15(4)19(8)24(22)26/h1H,2-11H3. The highest BCUT2D eigenvalue weighted by molar-refractivity contribution is 6.04. The maximum absolute atomic E-state index is 5.94. The summed E-state index contributed by atoms with van der Waals surface area (Å²) < 4.78 is 0. The number of rotatable bonds is 0. The molecule has 1 aliphatic heterocycles. The Balaban J connectivity index is 2.66. The van der Waals surface area contributed by atoms with Crippen LogP contribution in [0.1, 0.15) is 62.6 Å². The summed E-state index contributed by atoms with van der Waals surface area (Å²) in [5.41, 5.74) is 18.3. The van der Waals surface area contributed by atoms with Gasteiger partial charge >= 0.3 is 0 Å². The van der Waals surface area contributed by atoms with Crippen LogP contribution in [-0.4, -0.2) is 7.05 Å². The molecule has 0 aliphatic carbocycles. The molecule has 140 valence electrons. The quantitative estimate of drug-likeness (QED) is 0.475. The lowest BCUT2D eigenvalue weighted by Crippen LogP contribution is -2.24. The molecule has 2 aromatic carbocycles. The molecule has 0 radical (unpaired) electrons. The number of hydrogen-bond donors (Lipinski definition) is 0. The third-order valence-corrected chi connectivity index (χ3v) is 7.07. The Bertz CT molecular complexity index is 998. The molecule has 1 nitrogen and oxygen atoms in total. The van der Waals surface area contributed by atoms with Crippen molar-refractivity contribution in [2.45, 2.75) is 62.3 Å². The minimum Gasteiger partial charge on any atom is -0.343 e. The van der Waals surface area contributed by atoms with E-state index < -0.39 is 0 Å². The lowest BCUT2D eigenvalue weighted by molar-refractivity contribution is 1.07. The second kappa shape index (κ2) is 6.31. The van der Waals surface area contributed by atoms with Gasteiger partial charge in [0.15, 0.2) is 0 Å². The number of hydrogen-bond acceptors (Lipinski definition) is 1. The van der Waals surface area contributed by atoms with Crippen molar-refractivity contribution in [3.05, 3.63) is 61.2 Å². The van der Waals surface area contributed by atoms with Gasteiger partial charge < -0.3 is 4.90 Å². The molecule has 0 saturated heterocycles. The first-order valence-corrected chi connectivity index (χ1v) is 9.68. The third-order valence-electron chi connectivity index (χ3n) is 7.07. The molecule has 2 aromatic rings. The monoisotopic (exact) mass is 357 g/mol. The summed E-state index contributed by atoms with van der Waals surface area (Å²) in [7, 11) is 2.21. The van der Waals surface area contributed by atoms with Gasteiger partial charge in [-0.05, 0) is 107 Å². The van der Waals surface area contributed by atoms with Crippen LogP contribution in [0, 0.1) is 67.7 Å². The third kappa shape index (κ3) is 2.39. The van der Waals surface area contributed by atoms with Gasteiger partial charge in [0.05, 0.1) is 11.4 Å². The Hall–Kier alpha value is -2.46. The molecule has 3 rings (SSSR count). The molecule has 1 heterocycles. The van der Waals surface area contributed by atoms with E-state index in [2.05, 4.69) is 80.2 Å². The SMILES string of the molecule is C#CC(C)=C1c2c(C)c(C)c(C)c(C)c2N(C)c2c(C)c(C)c(C)c(C)c21. The fourth-order valence-electron chi connectivity index (χ4n) is 4.72. The van der Waals surface area contributed by atoms with Gasteiger partial charge in [-0.2, -0.15) is 0 Å². The largest absolute Gasteiger partial charge is 0.343 e. The van der Waals surface area contributed by atoms with Gasteiger partial charge in [-0.15, -0.1) is 6.42 Å². The van der Waals surface area contributed by atoms with Crippen molar-refractivity contribution in [3.8, 4) is 12.3 Å². The van der Waals surface area contributed by atoms with E-state index in [0.717, 1.165) is 5.57 Å². The molecule has 1 heteroatoms. The van der Waals surface area contributed by atoms with Crippen molar-refractivity contribution >= 4 is 16.9 Å². The molecule has 0 bridgehead atoms. The molecule has 0 spiro atoms. The van der Waals surface area contributed by atoms with Crippen LogP contribution < -0.4 is 4.90 Å². The van der Waals surface area contributed by atoms with E-state index in [-0.39, 0.29) is 0 Å². The lowest BCUT2D eigenvalue weighted by Gasteiger charge is -2.39. The molecule has 0 N–H and O–H groups in total. The average molecular weight is 358 g/mol. The van der Waals surface area contributed by atoms with Crippen molar-refractivity contribution in [1.29, 1.82) is 0 Å². The molecule has 0 atom stereocenters. The van der Waals surface area contributed by atoms with Gasteiger partial charge in [0.2, 0.25) is 0 Å². The predicted molar refractivity (Wildman–Crippen MR) is 119 cm³/mol. The van der Waals surface area contributed by atoms with E-state index in [1.165, 1.54) is 72.6 Å². The van der Waals surface area contributed by atoms with Gasteiger partial charge in [-0.3, -0.25) is 0 Å². The summed E-state index contributed by atoms with van der Waals surface area (Å²) in [5, 5.41) is 0. The van der Waals surface area contributed by atoms with Gasteiger partial charge in [0.25, 0.3) is 0 Å². The molecule has 0 fully saturated rings. The normalized spacial score (nSPS) is 12.6. The van der Waals surface area contributed by atoms with Crippen LogP contribution >= 0.6 is 0 Å². The highest BCUT2D eigenvalue weighted by Gasteiger charge is 2.33. The number of benzene rings is 2. The van der Waals surface area contributed by atoms with E-state index >= 15 is 0 Å². The van der Waals surface area contributed by atoms with E-state index in [1.807, 2.05) is 0 Å². The zero-order chi connectivity index (χ0) is 20.4. The highest BCUT2D eigenvalue weighted by Crippen LogP contribution is 2.52. The first kappa shape index (κ1) is 19.3. The second-order valence-corrected chi connectivity index (χ2v) is 8.15. The molecule has 27 heavy (non-hydrogen) atoms. The first-order chi connectivity index (χ1) is 12.6. The van der Waals surface area contributed by atoms with Crippen LogP contribution in [-0.2, 0) is 0 Å². The zero-order valence-corrected chi connectivity index (χ0v) is 18.5. The molecule has 0 aromatic heterocycles. The Labute approximate surface area is 165 Å². The Morgan fingerprint density at radius 3 is 1.30 bits per heavy atom. The minimum absolute atomic E-state index is 1.02. The van der Waals surface area contributed by atoms with E-state index in [9.17, 15) is 0 Å². The van der Waals surface area contributed by atoms with Crippen molar-refractivity contribution in [3.63, 3.8) is 0 Å². The van der Waals surface area contributed by atoms with Crippen LogP contribution in [0.3, 0.4) is 0 Å². The van der Waals surface area contributed by atoms with Crippen LogP contribution in [0.5, 0.6) is 0 Å². The number of allylic oxidation sites excluding steroid dienone is 1. The second-order valence-electron chi connectivity index (χ2n) is 8.15. The summed E-state index contributed by atoms with van der Waals surface area (Å²) in [6.07, 6.45) is 5.94. The van der Waals surface area contributed by atoms with Crippen molar-refractivity contribution in [2.75, 3.05) is 11.9 Å². The topological polar surface area (TPSA) is 3.24 Å². The minimum atomic E-state index is 1.02. The molecule has 0 saturated carbocycles. The smallest absolute Gasteiger partial charge is 0.0523 e. The fourth-order valence-corrected chi connectivity index (χ4v) is 4.72. The summed E-state index contributed by atoms with van der Waals surface area (Å²) in [6.45, 7) is 20.0. The number of anilines is 2. The maximum atomic E-state index is 5.94. The molecule has 0 amide bonds. The van der Waals surface area contributed by atoms with Crippen LogP contribution in [0.4, 0.5) is 11.4 Å². The summed E-state index contributed by atoms with van der Waals surface area (Å²) in [6, 6.07) is 0. The number of terminal acetylenes is 1. The van der Waals surface area contributed by atoms with Crippen LogP contribution in [0.15, 0.2) is 5.57 Å². The van der Waals surface area contributed by atoms with Crippen molar-refractivity contribution in [1.82, 2.24) is 0 Å². The Morgan fingerprint density at radius 1 is 0.630 bits per heavy atom. The molecule has 0 unspecified atom stereocenters. The zero-order valence-electron chi connectivity index (χ0n) is 18.5. The van der Waals surface area contributed by atoms with Gasteiger partial charge in [0, 0.05) is 29.3 Å². The maximum Gasteiger partial charge on any atom is 0.0523 e. The average Bonchev–Trinajstić information content (AvgIpc) is 2.65. The van der Waals surface area contributed by atoms with Crippen molar-refractivity contribution in [2.24, 2.45) is 0 Å². The molecular formula is C26H31N. The lowest BCUT2D eigenvalue weighted by atomic mass is 9.77. The highest BCUT2D eigenvalue weighted by atomic mass is 15.1. The van der Waals surface area contributed by atoms with E-state index in [4.69, 9.17) is 6.42 Å². The Morgan fingerprint density at radius 2 is 0.963 bits per heavy atom. The summed E-state index contributed by atoms with van der Waals surface area (Å²) in [5.74, 6) is 2.95. The summed E-state index contributed by atoms with van der Waals surface area (Å²) in [4.78, 5) is 2.40. The molecular weight excluding hydrogens is 326 g/mol. The van der Waals surface area contributed by atoms with E-state index in [0.29, 0.717) is 0 Å². The fraction of sp³-hybridized carbons (Fsp3) is 0.385. The molecule has 1 aliphatic rings. The number of nitrogens with zero attached hydrogens (tertiary/aromatic N) is 1. The predicted octanol–water partition coefficient (Wildman–Crippen LogP) is 6.69. The van der Waals surface area contributed by atoms with Gasteiger partial charge in [0.1, 0.15) is 0 Å². The van der Waals surface area contributed by atoms with Gasteiger partial charge in [-0.25, -0.2) is 0 Å². The van der Waals surface area contributed by atoms with Crippen LogP contribution in [0.25, 0.3) is 5.57 Å². The first-order valence-electron chi connectivity index (χ1n) is 9.68. The summed E-state index contributed by atoms with van der Waals surface area (Å²) >= 11 is 0.